The third-order valence-corrected chi connectivity index (χ3v) is 7.39. The molecule has 38 heavy (non-hydrogen) atoms. The molecule has 0 bridgehead atoms. The van der Waals surface area contributed by atoms with E-state index in [0.717, 1.165) is 45.3 Å². The van der Waals surface area contributed by atoms with Gasteiger partial charge in [-0.15, -0.1) is 0 Å². The lowest BCUT2D eigenvalue weighted by molar-refractivity contribution is -0.115. The minimum Gasteiger partial charge on any atom is -0.508 e. The average molecular weight is 526 g/mol. The number of thiocarbonyl (C=S) groups is 1. The van der Waals surface area contributed by atoms with Crippen molar-refractivity contribution in [2.45, 2.75) is 46.2 Å². The Bertz CT molecular complexity index is 1500. The summed E-state index contributed by atoms with van der Waals surface area (Å²) < 4.78 is 2.19. The summed E-state index contributed by atoms with van der Waals surface area (Å²) in [4.78, 5) is 18.8. The van der Waals surface area contributed by atoms with E-state index < -0.39 is 0 Å². The molecule has 5 rings (SSSR count). The van der Waals surface area contributed by atoms with Gasteiger partial charge in [-0.25, -0.2) is 0 Å². The molecule has 1 aliphatic rings. The molecule has 1 amide bonds. The van der Waals surface area contributed by atoms with Crippen LogP contribution in [0.3, 0.4) is 0 Å². The van der Waals surface area contributed by atoms with Crippen LogP contribution in [0.25, 0.3) is 5.69 Å². The Labute approximate surface area is 228 Å². The molecular weight excluding hydrogens is 494 g/mol. The van der Waals surface area contributed by atoms with Crippen LogP contribution in [0.1, 0.15) is 53.6 Å². The van der Waals surface area contributed by atoms with Gasteiger partial charge in [0.2, 0.25) is 5.91 Å². The summed E-state index contributed by atoms with van der Waals surface area (Å²) in [6.45, 7) is 8.02. The zero-order valence-electron chi connectivity index (χ0n) is 21.9. The Morgan fingerprint density at radius 1 is 1.05 bits per heavy atom. The number of nitrogens with zero attached hydrogens (tertiary/aromatic N) is 3. The van der Waals surface area contributed by atoms with E-state index in [0.29, 0.717) is 11.5 Å². The van der Waals surface area contributed by atoms with Gasteiger partial charge >= 0.3 is 0 Å². The van der Waals surface area contributed by atoms with E-state index in [-0.39, 0.29) is 23.7 Å². The zero-order valence-corrected chi connectivity index (χ0v) is 22.7. The molecule has 1 aliphatic heterocycles. The first kappa shape index (κ1) is 25.5. The van der Waals surface area contributed by atoms with E-state index in [4.69, 9.17) is 12.2 Å². The fraction of sp³-hybridized carbons (Fsp3) is 0.233. The number of hydrogen-bond acceptors (Lipinski definition) is 4. The first-order valence-corrected chi connectivity index (χ1v) is 13.1. The van der Waals surface area contributed by atoms with Crippen LogP contribution in [-0.2, 0) is 4.79 Å². The van der Waals surface area contributed by atoms with E-state index >= 15 is 0 Å². The maximum Gasteiger partial charge on any atom is 0.224 e. The van der Waals surface area contributed by atoms with Crippen molar-refractivity contribution in [3.8, 4) is 11.4 Å². The Morgan fingerprint density at radius 3 is 2.45 bits per heavy atom. The van der Waals surface area contributed by atoms with Crippen molar-refractivity contribution in [1.29, 1.82) is 0 Å². The van der Waals surface area contributed by atoms with Crippen molar-refractivity contribution >= 4 is 34.6 Å². The minimum atomic E-state index is -0.169. The highest BCUT2D eigenvalue weighted by Gasteiger charge is 2.42. The summed E-state index contributed by atoms with van der Waals surface area (Å²) in [6.07, 6.45) is 2.22. The summed E-state index contributed by atoms with van der Waals surface area (Å²) in [5, 5.41) is 16.9. The van der Waals surface area contributed by atoms with Crippen molar-refractivity contribution in [2.24, 2.45) is 0 Å². The lowest BCUT2D eigenvalue weighted by Crippen LogP contribution is -2.29. The highest BCUT2D eigenvalue weighted by Crippen LogP contribution is 2.44. The van der Waals surface area contributed by atoms with E-state index in [2.05, 4.69) is 51.1 Å². The third kappa shape index (κ3) is 4.63. The Balaban J connectivity index is 1.63. The first-order chi connectivity index (χ1) is 18.3. The lowest BCUT2D eigenvalue weighted by Gasteiger charge is -2.29. The SMILES string of the molecule is CCC(=O)Nc1ccc(N2C(=S)NC(c3ccccn3)C2c2cc(C)n(-c3ccc(O)cc3)c2C)cc1C. The van der Waals surface area contributed by atoms with Gasteiger partial charge < -0.3 is 25.2 Å². The van der Waals surface area contributed by atoms with E-state index in [1.807, 2.05) is 56.3 Å². The maximum absolute atomic E-state index is 12.0. The van der Waals surface area contributed by atoms with Crippen LogP contribution in [0.4, 0.5) is 11.4 Å². The quantitative estimate of drug-likeness (QED) is 0.267. The van der Waals surface area contributed by atoms with Crippen molar-refractivity contribution in [3.05, 3.63) is 101 Å². The smallest absolute Gasteiger partial charge is 0.224 e. The van der Waals surface area contributed by atoms with Crippen molar-refractivity contribution in [3.63, 3.8) is 0 Å². The summed E-state index contributed by atoms with van der Waals surface area (Å²) >= 11 is 5.91. The fourth-order valence-corrected chi connectivity index (χ4v) is 5.56. The normalized spacial score (nSPS) is 16.9. The van der Waals surface area contributed by atoms with Crippen LogP contribution in [0.15, 0.2) is 72.9 Å². The second-order valence-electron chi connectivity index (χ2n) is 9.58. The maximum atomic E-state index is 12.0. The minimum absolute atomic E-state index is 0.0195. The molecule has 7 nitrogen and oxygen atoms in total. The van der Waals surface area contributed by atoms with Gasteiger partial charge in [-0.3, -0.25) is 9.78 Å². The number of nitrogens with one attached hydrogen (secondary N) is 2. The van der Waals surface area contributed by atoms with Crippen LogP contribution in [0.5, 0.6) is 5.75 Å². The molecule has 0 radical (unpaired) electrons. The highest BCUT2D eigenvalue weighted by atomic mass is 32.1. The molecule has 0 aliphatic carbocycles. The van der Waals surface area contributed by atoms with Gasteiger partial charge in [-0.2, -0.15) is 0 Å². The second kappa shape index (κ2) is 10.3. The molecule has 1 saturated heterocycles. The number of aryl methyl sites for hydroxylation is 2. The van der Waals surface area contributed by atoms with Gasteiger partial charge in [0.15, 0.2) is 5.11 Å². The summed E-state index contributed by atoms with van der Waals surface area (Å²) in [7, 11) is 0. The number of amides is 1. The Hall–Kier alpha value is -4.17. The number of rotatable bonds is 6. The molecule has 194 valence electrons. The molecule has 2 unspecified atom stereocenters. The van der Waals surface area contributed by atoms with Gasteiger partial charge in [0.1, 0.15) is 5.75 Å². The number of phenols is 1. The van der Waals surface area contributed by atoms with E-state index in [9.17, 15) is 9.90 Å². The summed E-state index contributed by atoms with van der Waals surface area (Å²) in [6, 6.07) is 21.0. The number of benzene rings is 2. The van der Waals surface area contributed by atoms with Crippen LogP contribution >= 0.6 is 12.2 Å². The third-order valence-electron chi connectivity index (χ3n) is 7.08. The monoisotopic (exact) mass is 525 g/mol. The van der Waals surface area contributed by atoms with Gasteiger partial charge in [-0.05, 0) is 105 Å². The predicted molar refractivity (Wildman–Crippen MR) is 155 cm³/mol. The molecule has 0 saturated carbocycles. The first-order valence-electron chi connectivity index (χ1n) is 12.7. The number of aromatic nitrogens is 2. The Kier molecular flexibility index (Phi) is 6.91. The molecule has 0 spiro atoms. The zero-order chi connectivity index (χ0) is 27.0. The molecule has 4 aromatic rings. The molecule has 3 N–H and O–H groups in total. The number of carbonyl (C=O) groups is 1. The molecule has 1 fully saturated rings. The fourth-order valence-electron chi connectivity index (χ4n) is 5.21. The van der Waals surface area contributed by atoms with Gasteiger partial charge in [-0.1, -0.05) is 13.0 Å². The van der Waals surface area contributed by atoms with Crippen molar-refractivity contribution in [1.82, 2.24) is 14.9 Å². The number of anilines is 2. The van der Waals surface area contributed by atoms with Crippen LogP contribution in [-0.4, -0.2) is 25.7 Å². The molecule has 2 aromatic heterocycles. The summed E-state index contributed by atoms with van der Waals surface area (Å²) in [5.74, 6) is 0.214. The highest BCUT2D eigenvalue weighted by molar-refractivity contribution is 7.80. The van der Waals surface area contributed by atoms with Crippen LogP contribution < -0.4 is 15.5 Å². The van der Waals surface area contributed by atoms with Gasteiger partial charge in [0.05, 0.1) is 17.8 Å². The molecule has 2 atom stereocenters. The van der Waals surface area contributed by atoms with E-state index in [1.165, 1.54) is 0 Å². The summed E-state index contributed by atoms with van der Waals surface area (Å²) in [5.41, 5.74) is 7.86. The van der Waals surface area contributed by atoms with Crippen molar-refractivity contribution in [2.75, 3.05) is 10.2 Å². The predicted octanol–water partition coefficient (Wildman–Crippen LogP) is 6.03. The van der Waals surface area contributed by atoms with Crippen LogP contribution in [0, 0.1) is 20.8 Å². The largest absolute Gasteiger partial charge is 0.508 e. The number of hydrogen-bond donors (Lipinski definition) is 3. The second-order valence-corrected chi connectivity index (χ2v) is 9.96. The Morgan fingerprint density at radius 2 is 1.79 bits per heavy atom. The number of aromatic hydroxyl groups is 1. The number of phenolic OH excluding ortho intramolecular Hbond substituents is 1. The van der Waals surface area contributed by atoms with Gasteiger partial charge in [0, 0.05) is 41.1 Å². The lowest BCUT2D eigenvalue weighted by atomic mass is 9.96. The molecule has 3 heterocycles. The number of pyridine rings is 1. The molecular formula is C30H31N5O2S. The van der Waals surface area contributed by atoms with Crippen LogP contribution in [0.2, 0.25) is 0 Å². The standard InChI is InChI=1S/C30H31N5O2S/c1-5-27(37)32-25-14-11-22(16-18(25)2)35-29(28(33-30(35)38)26-8-6-7-15-31-26)24-17-19(3)34(20(24)4)21-9-12-23(36)13-10-21/h6-17,28-29,36H,5H2,1-4H3,(H,32,37)(H,33,38). The van der Waals surface area contributed by atoms with Gasteiger partial charge in [0.25, 0.3) is 0 Å². The topological polar surface area (TPSA) is 82.4 Å². The van der Waals surface area contributed by atoms with E-state index in [1.54, 1.807) is 18.3 Å². The van der Waals surface area contributed by atoms with Crippen molar-refractivity contribution < 1.29 is 9.90 Å². The average Bonchev–Trinajstić information content (AvgIpc) is 3.41. The molecule has 2 aromatic carbocycles. The molecule has 8 heteroatoms. The number of carbonyl (C=O) groups excluding carboxylic acids is 1.